The highest BCUT2D eigenvalue weighted by atomic mass is 32.2. The Hall–Kier alpha value is -1.60. The van der Waals surface area contributed by atoms with E-state index >= 15 is 0 Å². The first-order chi connectivity index (χ1) is 14.7. The third-order valence-corrected chi connectivity index (χ3v) is 10.3. The van der Waals surface area contributed by atoms with E-state index in [9.17, 15) is 13.2 Å². The smallest absolute Gasteiger partial charge is 0.246 e. The van der Waals surface area contributed by atoms with Crippen LogP contribution in [0.15, 0.2) is 17.0 Å². The number of carbonyl (C=O) groups excluding carboxylic acids is 1. The SMILES string of the molecule is COc1cc(C)c(C)cc1S(=O)(=O)N1CCN(C(=O)C23CC4CC(CC(C4)C2)C3)CC1. The van der Waals surface area contributed by atoms with Crippen LogP contribution in [-0.4, -0.2) is 56.8 Å². The molecule has 0 radical (unpaired) electrons. The van der Waals surface area contributed by atoms with E-state index in [1.807, 2.05) is 18.7 Å². The zero-order chi connectivity index (χ0) is 22.0. The van der Waals surface area contributed by atoms with Crippen LogP contribution in [0.1, 0.15) is 49.7 Å². The normalized spacial score (nSPS) is 33.0. The molecule has 1 saturated heterocycles. The number of rotatable bonds is 4. The minimum atomic E-state index is -3.67. The molecule has 5 aliphatic rings. The summed E-state index contributed by atoms with van der Waals surface area (Å²) in [5, 5.41) is 0. The van der Waals surface area contributed by atoms with Crippen LogP contribution in [0, 0.1) is 37.0 Å². The summed E-state index contributed by atoms with van der Waals surface area (Å²) in [5.41, 5.74) is 1.77. The van der Waals surface area contributed by atoms with Crippen LogP contribution in [-0.2, 0) is 14.8 Å². The van der Waals surface area contributed by atoms with Crippen molar-refractivity contribution in [2.24, 2.45) is 23.2 Å². The lowest BCUT2D eigenvalue weighted by atomic mass is 9.49. The summed E-state index contributed by atoms with van der Waals surface area (Å²) in [6.45, 7) is 5.51. The van der Waals surface area contributed by atoms with E-state index in [0.29, 0.717) is 37.8 Å². The summed E-state index contributed by atoms with van der Waals surface area (Å²) in [5.74, 6) is 2.87. The van der Waals surface area contributed by atoms with Gasteiger partial charge in [0.1, 0.15) is 10.6 Å². The van der Waals surface area contributed by atoms with Crippen molar-refractivity contribution in [1.82, 2.24) is 9.21 Å². The van der Waals surface area contributed by atoms with E-state index in [2.05, 4.69) is 0 Å². The number of piperazine rings is 1. The fourth-order valence-electron chi connectivity index (χ4n) is 7.10. The Kier molecular flexibility index (Phi) is 5.13. The lowest BCUT2D eigenvalue weighted by molar-refractivity contribution is -0.158. The van der Waals surface area contributed by atoms with Crippen molar-refractivity contribution in [2.45, 2.75) is 57.3 Å². The van der Waals surface area contributed by atoms with Crippen molar-refractivity contribution >= 4 is 15.9 Å². The maximum atomic E-state index is 13.6. The molecule has 0 spiro atoms. The van der Waals surface area contributed by atoms with E-state index in [0.717, 1.165) is 48.1 Å². The van der Waals surface area contributed by atoms with Crippen molar-refractivity contribution in [3.8, 4) is 5.75 Å². The molecule has 1 aromatic rings. The summed E-state index contributed by atoms with van der Waals surface area (Å²) in [6, 6.07) is 3.49. The zero-order valence-corrected chi connectivity index (χ0v) is 19.7. The molecule has 0 unspecified atom stereocenters. The summed E-state index contributed by atoms with van der Waals surface area (Å²) in [7, 11) is -2.16. The highest BCUT2D eigenvalue weighted by Crippen LogP contribution is 2.60. The van der Waals surface area contributed by atoms with E-state index in [1.165, 1.54) is 30.7 Å². The van der Waals surface area contributed by atoms with Crippen LogP contribution in [0.4, 0.5) is 0 Å². The van der Waals surface area contributed by atoms with E-state index in [1.54, 1.807) is 12.1 Å². The molecule has 1 aliphatic heterocycles. The third-order valence-electron chi connectivity index (χ3n) is 8.42. The van der Waals surface area contributed by atoms with Gasteiger partial charge in [0.25, 0.3) is 0 Å². The molecule has 31 heavy (non-hydrogen) atoms. The van der Waals surface area contributed by atoms with Gasteiger partial charge in [0.15, 0.2) is 0 Å². The first kappa shape index (κ1) is 21.3. The molecule has 1 aromatic carbocycles. The van der Waals surface area contributed by atoms with Gasteiger partial charge in [-0.1, -0.05) is 0 Å². The van der Waals surface area contributed by atoms with Crippen molar-refractivity contribution in [1.29, 1.82) is 0 Å². The summed E-state index contributed by atoms with van der Waals surface area (Å²) in [6.07, 6.45) is 7.10. The summed E-state index contributed by atoms with van der Waals surface area (Å²) in [4.78, 5) is 15.8. The molecule has 0 N–H and O–H groups in total. The molecule has 6 rings (SSSR count). The number of hydrogen-bond acceptors (Lipinski definition) is 4. The average Bonchev–Trinajstić information content (AvgIpc) is 2.74. The van der Waals surface area contributed by atoms with E-state index in [4.69, 9.17) is 4.74 Å². The Balaban J connectivity index is 1.31. The first-order valence-corrected chi connectivity index (χ1v) is 13.1. The van der Waals surface area contributed by atoms with Gasteiger partial charge in [-0.15, -0.1) is 0 Å². The molecule has 6 nitrogen and oxygen atoms in total. The van der Waals surface area contributed by atoms with Crippen LogP contribution < -0.4 is 4.74 Å². The number of sulfonamides is 1. The maximum Gasteiger partial charge on any atom is 0.246 e. The van der Waals surface area contributed by atoms with Crippen molar-refractivity contribution in [2.75, 3.05) is 33.3 Å². The highest BCUT2D eigenvalue weighted by Gasteiger charge is 2.55. The Morgan fingerprint density at radius 3 is 1.97 bits per heavy atom. The monoisotopic (exact) mass is 446 g/mol. The Labute approximate surface area is 186 Å². The molecular formula is C24H34N2O4S. The van der Waals surface area contributed by atoms with Crippen LogP contribution in [0.25, 0.3) is 0 Å². The fraction of sp³-hybridized carbons (Fsp3) is 0.708. The molecule has 4 saturated carbocycles. The molecule has 0 aromatic heterocycles. The van der Waals surface area contributed by atoms with Crippen LogP contribution in [0.2, 0.25) is 0 Å². The largest absolute Gasteiger partial charge is 0.495 e. The number of nitrogens with zero attached hydrogens (tertiary/aromatic N) is 2. The molecule has 0 atom stereocenters. The average molecular weight is 447 g/mol. The molecular weight excluding hydrogens is 412 g/mol. The fourth-order valence-corrected chi connectivity index (χ4v) is 8.75. The third kappa shape index (κ3) is 3.48. The molecule has 4 bridgehead atoms. The highest BCUT2D eigenvalue weighted by molar-refractivity contribution is 7.89. The number of benzene rings is 1. The second-order valence-corrected chi connectivity index (χ2v) is 12.4. The van der Waals surface area contributed by atoms with Crippen LogP contribution >= 0.6 is 0 Å². The lowest BCUT2D eigenvalue weighted by Crippen LogP contribution is -2.58. The second kappa shape index (κ2) is 7.48. The molecule has 1 heterocycles. The number of ether oxygens (including phenoxy) is 1. The van der Waals surface area contributed by atoms with Crippen molar-refractivity contribution in [3.05, 3.63) is 23.3 Å². The van der Waals surface area contributed by atoms with E-state index in [-0.39, 0.29) is 10.3 Å². The van der Waals surface area contributed by atoms with Gasteiger partial charge >= 0.3 is 0 Å². The van der Waals surface area contributed by atoms with E-state index < -0.39 is 10.0 Å². The molecule has 170 valence electrons. The van der Waals surface area contributed by atoms with Gasteiger partial charge in [-0.05, 0) is 93.4 Å². The van der Waals surface area contributed by atoms with Crippen LogP contribution in [0.5, 0.6) is 5.75 Å². The topological polar surface area (TPSA) is 66.9 Å². The molecule has 5 fully saturated rings. The van der Waals surface area contributed by atoms with Crippen LogP contribution in [0.3, 0.4) is 0 Å². The number of methoxy groups -OCH3 is 1. The molecule has 7 heteroatoms. The minimum absolute atomic E-state index is 0.160. The van der Waals surface area contributed by atoms with Crippen molar-refractivity contribution in [3.63, 3.8) is 0 Å². The number of amides is 1. The Bertz CT molecular complexity index is 960. The minimum Gasteiger partial charge on any atom is -0.495 e. The van der Waals surface area contributed by atoms with Gasteiger partial charge in [-0.2, -0.15) is 4.31 Å². The van der Waals surface area contributed by atoms with Gasteiger partial charge in [0.05, 0.1) is 12.5 Å². The van der Waals surface area contributed by atoms with Gasteiger partial charge < -0.3 is 9.64 Å². The quantitative estimate of drug-likeness (QED) is 0.711. The molecule has 1 amide bonds. The van der Waals surface area contributed by atoms with Gasteiger partial charge in [-0.25, -0.2) is 8.42 Å². The summed E-state index contributed by atoms with van der Waals surface area (Å²) < 4.78 is 33.6. The predicted octanol–water partition coefficient (Wildman–Crippen LogP) is 3.36. The van der Waals surface area contributed by atoms with Crippen molar-refractivity contribution < 1.29 is 17.9 Å². The lowest BCUT2D eigenvalue weighted by Gasteiger charge is -2.57. The Morgan fingerprint density at radius 1 is 0.935 bits per heavy atom. The number of aryl methyl sites for hydroxylation is 2. The number of hydrogen-bond donors (Lipinski definition) is 0. The van der Waals surface area contributed by atoms with Gasteiger partial charge in [-0.3, -0.25) is 4.79 Å². The first-order valence-electron chi connectivity index (χ1n) is 11.7. The standard InChI is InChI=1S/C24H34N2O4S/c1-16-8-21(30-3)22(9-17(16)2)31(28,29)26-6-4-25(5-7-26)23(27)24-13-18-10-19(14-24)12-20(11-18)15-24/h8-9,18-20H,4-7,10-15H2,1-3H3. The number of carbonyl (C=O) groups is 1. The maximum absolute atomic E-state index is 13.6. The summed E-state index contributed by atoms with van der Waals surface area (Å²) >= 11 is 0. The second-order valence-electron chi connectivity index (χ2n) is 10.5. The van der Waals surface area contributed by atoms with Gasteiger partial charge in [0.2, 0.25) is 15.9 Å². The predicted molar refractivity (Wildman–Crippen MR) is 118 cm³/mol. The van der Waals surface area contributed by atoms with Gasteiger partial charge in [0, 0.05) is 26.2 Å². The molecule has 4 aliphatic carbocycles. The Morgan fingerprint density at radius 2 is 1.45 bits per heavy atom. The zero-order valence-electron chi connectivity index (χ0n) is 18.9.